The first kappa shape index (κ1) is 17.3. The van der Waals surface area contributed by atoms with Crippen molar-refractivity contribution in [3.63, 3.8) is 0 Å². The van der Waals surface area contributed by atoms with Crippen molar-refractivity contribution in [2.24, 2.45) is 0 Å². The van der Waals surface area contributed by atoms with Gasteiger partial charge in [0.25, 0.3) is 11.8 Å². The van der Waals surface area contributed by atoms with Crippen LogP contribution in [0.1, 0.15) is 31.6 Å². The number of hydrazine groups is 1. The largest absolute Gasteiger partial charge is 0.466 e. The summed E-state index contributed by atoms with van der Waals surface area (Å²) in [6.45, 7) is 3.45. The maximum absolute atomic E-state index is 12.2. The molecule has 2 amide bonds. The normalized spacial score (nSPS) is 10.5. The molecule has 0 saturated carbocycles. The minimum atomic E-state index is -0.419. The van der Waals surface area contributed by atoms with Crippen LogP contribution < -0.4 is 10.9 Å². The highest BCUT2D eigenvalue weighted by atomic mass is 35.5. The maximum atomic E-state index is 12.2. The van der Waals surface area contributed by atoms with Crippen molar-refractivity contribution >= 4 is 34.8 Å². The van der Waals surface area contributed by atoms with Crippen LogP contribution in [0.25, 0.3) is 10.4 Å². The Balaban J connectivity index is 1.65. The molecule has 0 aliphatic heterocycles. The molecule has 0 aliphatic carbocycles. The number of carbonyl (C=O) groups excluding carboxylic acids is 2. The molecule has 25 heavy (non-hydrogen) atoms. The van der Waals surface area contributed by atoms with Gasteiger partial charge in [-0.15, -0.1) is 11.3 Å². The highest BCUT2D eigenvalue weighted by Crippen LogP contribution is 2.28. The highest BCUT2D eigenvalue weighted by molar-refractivity contribution is 7.17. The van der Waals surface area contributed by atoms with E-state index in [9.17, 15) is 9.59 Å². The second kappa shape index (κ2) is 7.13. The summed E-state index contributed by atoms with van der Waals surface area (Å²) in [7, 11) is 0. The molecule has 0 bridgehead atoms. The van der Waals surface area contributed by atoms with E-state index in [4.69, 9.17) is 16.0 Å². The van der Waals surface area contributed by atoms with Crippen molar-refractivity contribution in [3.05, 3.63) is 69.4 Å². The van der Waals surface area contributed by atoms with Crippen LogP contribution >= 0.6 is 22.9 Å². The zero-order valence-corrected chi connectivity index (χ0v) is 15.1. The van der Waals surface area contributed by atoms with E-state index in [0.717, 1.165) is 10.4 Å². The Kier molecular flexibility index (Phi) is 4.92. The predicted octanol–water partition coefficient (Wildman–Crippen LogP) is 4.35. The van der Waals surface area contributed by atoms with Gasteiger partial charge >= 0.3 is 0 Å². The number of rotatable bonds is 3. The average Bonchev–Trinajstić information content (AvgIpc) is 3.20. The van der Waals surface area contributed by atoms with Gasteiger partial charge in [-0.2, -0.15) is 0 Å². The number of furan rings is 1. The molecule has 5 nitrogen and oxygen atoms in total. The van der Waals surface area contributed by atoms with E-state index in [1.807, 2.05) is 18.2 Å². The van der Waals surface area contributed by atoms with Crippen LogP contribution in [0.2, 0.25) is 5.02 Å². The fraction of sp³-hybridized carbons (Fsp3) is 0.111. The molecule has 0 spiro atoms. The van der Waals surface area contributed by atoms with Gasteiger partial charge in [-0.05, 0) is 49.7 Å². The topological polar surface area (TPSA) is 71.3 Å². The molecule has 0 atom stereocenters. The van der Waals surface area contributed by atoms with Crippen molar-refractivity contribution in [1.29, 1.82) is 0 Å². The van der Waals surface area contributed by atoms with Gasteiger partial charge in [-0.25, -0.2) is 0 Å². The van der Waals surface area contributed by atoms with Gasteiger partial charge in [0.15, 0.2) is 0 Å². The van der Waals surface area contributed by atoms with Crippen LogP contribution in [0.3, 0.4) is 0 Å². The Bertz CT molecular complexity index is 928. The summed E-state index contributed by atoms with van der Waals surface area (Å²) in [5.74, 6) is 0.346. The summed E-state index contributed by atoms with van der Waals surface area (Å²) < 4.78 is 5.31. The summed E-state index contributed by atoms with van der Waals surface area (Å²) in [6, 6.07) is 12.6. The summed E-state index contributed by atoms with van der Waals surface area (Å²) in [4.78, 5) is 25.7. The minimum absolute atomic E-state index is 0.378. The molecule has 3 aromatic rings. The number of amides is 2. The molecule has 128 valence electrons. The van der Waals surface area contributed by atoms with Crippen LogP contribution in [0.15, 0.2) is 46.9 Å². The quantitative estimate of drug-likeness (QED) is 0.669. The lowest BCUT2D eigenvalue weighted by Crippen LogP contribution is -2.41. The molecule has 3 rings (SSSR count). The third-order valence-corrected chi connectivity index (χ3v) is 4.92. The Morgan fingerprint density at radius 1 is 1.00 bits per heavy atom. The van der Waals surface area contributed by atoms with Gasteiger partial charge in [0.1, 0.15) is 11.5 Å². The number of benzene rings is 1. The molecule has 2 heterocycles. The van der Waals surface area contributed by atoms with Gasteiger partial charge in [0.2, 0.25) is 0 Å². The third-order valence-electron chi connectivity index (χ3n) is 3.53. The number of carbonyl (C=O) groups is 2. The predicted molar refractivity (Wildman–Crippen MR) is 97.9 cm³/mol. The van der Waals surface area contributed by atoms with E-state index >= 15 is 0 Å². The first-order valence-electron chi connectivity index (χ1n) is 7.47. The molecule has 0 fully saturated rings. The Labute approximate surface area is 153 Å². The van der Waals surface area contributed by atoms with Crippen LogP contribution in [-0.2, 0) is 0 Å². The molecule has 0 unspecified atom stereocenters. The highest BCUT2D eigenvalue weighted by Gasteiger charge is 2.15. The SMILES string of the molecule is Cc1cc(C(=O)NNC(=O)c2ccc(-c3ccc(Cl)cc3)s2)c(C)o1. The summed E-state index contributed by atoms with van der Waals surface area (Å²) >= 11 is 7.21. The zero-order chi connectivity index (χ0) is 18.0. The molecule has 0 saturated heterocycles. The van der Waals surface area contributed by atoms with E-state index < -0.39 is 5.91 Å². The van der Waals surface area contributed by atoms with Gasteiger partial charge in [0, 0.05) is 9.90 Å². The second-order valence-electron chi connectivity index (χ2n) is 5.41. The van der Waals surface area contributed by atoms with Crippen LogP contribution in [0, 0.1) is 13.8 Å². The molecule has 2 N–H and O–H groups in total. The molecule has 7 heteroatoms. The molecule has 0 aliphatic rings. The van der Waals surface area contributed by atoms with Crippen molar-refractivity contribution < 1.29 is 14.0 Å². The smallest absolute Gasteiger partial charge is 0.279 e. The molecule has 0 radical (unpaired) electrons. The Morgan fingerprint density at radius 3 is 2.32 bits per heavy atom. The molecular formula is C18H15ClN2O3S. The van der Waals surface area contributed by atoms with Gasteiger partial charge < -0.3 is 4.42 Å². The summed E-state index contributed by atoms with van der Waals surface area (Å²) in [6.07, 6.45) is 0. The number of halogens is 1. The summed E-state index contributed by atoms with van der Waals surface area (Å²) in [5.41, 5.74) is 6.18. The van der Waals surface area contributed by atoms with Gasteiger partial charge in [0.05, 0.1) is 10.4 Å². The van der Waals surface area contributed by atoms with Crippen LogP contribution in [0.5, 0.6) is 0 Å². The van der Waals surface area contributed by atoms with Crippen molar-refractivity contribution in [2.45, 2.75) is 13.8 Å². The minimum Gasteiger partial charge on any atom is -0.466 e. The maximum Gasteiger partial charge on any atom is 0.279 e. The van der Waals surface area contributed by atoms with E-state index in [-0.39, 0.29) is 5.91 Å². The van der Waals surface area contributed by atoms with E-state index in [0.29, 0.717) is 27.0 Å². The molecular weight excluding hydrogens is 360 g/mol. The number of hydrogen-bond donors (Lipinski definition) is 2. The number of nitrogens with one attached hydrogen (secondary N) is 2. The molecule has 1 aromatic carbocycles. The van der Waals surface area contributed by atoms with Crippen molar-refractivity contribution in [2.75, 3.05) is 0 Å². The number of aryl methyl sites for hydroxylation is 2. The van der Waals surface area contributed by atoms with Crippen molar-refractivity contribution in [1.82, 2.24) is 10.9 Å². The first-order chi connectivity index (χ1) is 11.9. The van der Waals surface area contributed by atoms with Crippen molar-refractivity contribution in [3.8, 4) is 10.4 Å². The standard InChI is InChI=1S/C18H15ClN2O3S/c1-10-9-14(11(2)24-10)17(22)20-21-18(23)16-8-7-15(25-16)12-3-5-13(19)6-4-12/h3-9H,1-2H3,(H,20,22)(H,21,23). The van der Waals surface area contributed by atoms with E-state index in [1.165, 1.54) is 11.3 Å². The lowest BCUT2D eigenvalue weighted by Gasteiger charge is -2.05. The third kappa shape index (κ3) is 3.92. The Hall–Kier alpha value is -2.57. The second-order valence-corrected chi connectivity index (χ2v) is 6.93. The van der Waals surface area contributed by atoms with Crippen LogP contribution in [-0.4, -0.2) is 11.8 Å². The van der Waals surface area contributed by atoms with E-state index in [2.05, 4.69) is 10.9 Å². The Morgan fingerprint density at radius 2 is 1.68 bits per heavy atom. The average molecular weight is 375 g/mol. The fourth-order valence-electron chi connectivity index (χ4n) is 2.33. The molecule has 2 aromatic heterocycles. The van der Waals surface area contributed by atoms with Crippen LogP contribution in [0.4, 0.5) is 0 Å². The van der Waals surface area contributed by atoms with Gasteiger partial charge in [-0.3, -0.25) is 20.4 Å². The summed E-state index contributed by atoms with van der Waals surface area (Å²) in [5, 5.41) is 0.658. The lowest BCUT2D eigenvalue weighted by atomic mass is 10.2. The monoisotopic (exact) mass is 374 g/mol. The first-order valence-corrected chi connectivity index (χ1v) is 8.67. The lowest BCUT2D eigenvalue weighted by molar-refractivity contribution is 0.0848. The number of hydrogen-bond acceptors (Lipinski definition) is 4. The van der Waals surface area contributed by atoms with Gasteiger partial charge in [-0.1, -0.05) is 23.7 Å². The number of thiophene rings is 1. The zero-order valence-electron chi connectivity index (χ0n) is 13.6. The fourth-order valence-corrected chi connectivity index (χ4v) is 3.36. The van der Waals surface area contributed by atoms with E-state index in [1.54, 1.807) is 38.1 Å².